The van der Waals surface area contributed by atoms with E-state index in [4.69, 9.17) is 5.26 Å². The van der Waals surface area contributed by atoms with Crippen LogP contribution < -0.4 is 16.0 Å². The van der Waals surface area contributed by atoms with Gasteiger partial charge < -0.3 is 10.6 Å². The van der Waals surface area contributed by atoms with Crippen LogP contribution in [0, 0.1) is 17.4 Å². The van der Waals surface area contributed by atoms with Crippen molar-refractivity contribution in [3.63, 3.8) is 0 Å². The number of nitrogens with zero attached hydrogens (tertiary/aromatic N) is 2. The van der Waals surface area contributed by atoms with Crippen molar-refractivity contribution in [1.82, 2.24) is 16.0 Å². The van der Waals surface area contributed by atoms with Crippen molar-refractivity contribution in [2.45, 2.75) is 50.0 Å². The van der Waals surface area contributed by atoms with Crippen LogP contribution in [0.5, 0.6) is 0 Å². The molecule has 0 bridgehead atoms. The number of nitriles is 1. The third-order valence-electron chi connectivity index (χ3n) is 6.05. The predicted octanol–water partition coefficient (Wildman–Crippen LogP) is 2.60. The number of hydrogen-bond donors (Lipinski definition) is 3. The number of rotatable bonds is 5. The molecule has 2 aliphatic rings. The van der Waals surface area contributed by atoms with E-state index in [1.54, 1.807) is 7.05 Å². The Morgan fingerprint density at radius 3 is 2.50 bits per heavy atom. The number of carbonyl (C=O) groups excluding carboxylic acids is 1. The van der Waals surface area contributed by atoms with Gasteiger partial charge in [0.25, 0.3) is 0 Å². The first-order chi connectivity index (χ1) is 13.7. The van der Waals surface area contributed by atoms with E-state index in [0.717, 1.165) is 38.5 Å². The van der Waals surface area contributed by atoms with E-state index in [0.29, 0.717) is 12.5 Å². The largest absolute Gasteiger partial charge is 0.355 e. The van der Waals surface area contributed by atoms with Gasteiger partial charge >= 0.3 is 0 Å². The average molecular weight is 380 g/mol. The van der Waals surface area contributed by atoms with Crippen molar-refractivity contribution in [2.75, 3.05) is 13.6 Å². The molecule has 28 heavy (non-hydrogen) atoms. The third kappa shape index (κ3) is 4.72. The van der Waals surface area contributed by atoms with Gasteiger partial charge in [0.15, 0.2) is 6.19 Å². The standard InChI is InChI=1S/C22H29N5O/c1-24-21(26-16-23)27-19-11-13-22(14-12-19,18-9-3-2-4-10-18)15-25-20(28)17-7-5-6-8-17/h2-6,9-10,17,19H,7-8,11-15H2,1H3,(H,25,28)(H2,24,26,27). The third-order valence-corrected chi connectivity index (χ3v) is 6.05. The Balaban J connectivity index is 1.66. The van der Waals surface area contributed by atoms with Gasteiger partial charge in [-0.25, -0.2) is 0 Å². The zero-order valence-corrected chi connectivity index (χ0v) is 16.4. The molecule has 6 nitrogen and oxygen atoms in total. The molecule has 0 aliphatic heterocycles. The highest BCUT2D eigenvalue weighted by molar-refractivity contribution is 5.81. The zero-order chi connectivity index (χ0) is 19.8. The number of carbonyl (C=O) groups is 1. The Labute approximate surface area is 167 Å². The Kier molecular flexibility index (Phi) is 6.70. The fourth-order valence-corrected chi connectivity index (χ4v) is 4.31. The summed E-state index contributed by atoms with van der Waals surface area (Å²) in [5.41, 5.74) is 1.24. The topological polar surface area (TPSA) is 89.3 Å². The minimum atomic E-state index is -0.0483. The molecular formula is C22H29N5O. The van der Waals surface area contributed by atoms with Crippen molar-refractivity contribution >= 4 is 11.9 Å². The first-order valence-electron chi connectivity index (χ1n) is 10.0. The molecule has 0 radical (unpaired) electrons. The smallest absolute Gasteiger partial charge is 0.223 e. The molecule has 0 aromatic heterocycles. The fraction of sp³-hybridized carbons (Fsp3) is 0.500. The summed E-state index contributed by atoms with van der Waals surface area (Å²) in [4.78, 5) is 16.6. The van der Waals surface area contributed by atoms with Gasteiger partial charge in [-0.05, 0) is 44.1 Å². The van der Waals surface area contributed by atoms with E-state index in [1.807, 2.05) is 12.3 Å². The molecule has 3 rings (SSSR count). The minimum Gasteiger partial charge on any atom is -0.355 e. The van der Waals surface area contributed by atoms with Gasteiger partial charge in [0.05, 0.1) is 0 Å². The number of guanidine groups is 1. The van der Waals surface area contributed by atoms with Crippen LogP contribution in [0.1, 0.15) is 44.1 Å². The molecule has 0 saturated heterocycles. The van der Waals surface area contributed by atoms with Gasteiger partial charge in [-0.2, -0.15) is 5.26 Å². The molecule has 2 aliphatic carbocycles. The van der Waals surface area contributed by atoms with Crippen LogP contribution >= 0.6 is 0 Å². The van der Waals surface area contributed by atoms with Crippen molar-refractivity contribution in [3.05, 3.63) is 48.0 Å². The Morgan fingerprint density at radius 2 is 1.89 bits per heavy atom. The molecule has 148 valence electrons. The van der Waals surface area contributed by atoms with Crippen LogP contribution in [0.3, 0.4) is 0 Å². The summed E-state index contributed by atoms with van der Waals surface area (Å²) in [6, 6.07) is 10.8. The fourth-order valence-electron chi connectivity index (χ4n) is 4.31. The second-order valence-corrected chi connectivity index (χ2v) is 7.73. The minimum absolute atomic E-state index is 0.0483. The summed E-state index contributed by atoms with van der Waals surface area (Å²) < 4.78 is 0. The van der Waals surface area contributed by atoms with Crippen LogP contribution in [-0.4, -0.2) is 31.5 Å². The molecule has 1 saturated carbocycles. The number of nitrogens with one attached hydrogen (secondary N) is 3. The monoisotopic (exact) mass is 379 g/mol. The molecule has 3 N–H and O–H groups in total. The maximum absolute atomic E-state index is 12.6. The molecule has 0 spiro atoms. The van der Waals surface area contributed by atoms with Crippen LogP contribution in [0.25, 0.3) is 0 Å². The van der Waals surface area contributed by atoms with E-state index in [-0.39, 0.29) is 23.3 Å². The molecule has 1 amide bonds. The maximum atomic E-state index is 12.6. The molecule has 0 unspecified atom stereocenters. The lowest BCUT2D eigenvalue weighted by molar-refractivity contribution is -0.125. The normalized spacial score (nSPS) is 25.1. The zero-order valence-electron chi connectivity index (χ0n) is 16.4. The van der Waals surface area contributed by atoms with E-state index < -0.39 is 0 Å². The van der Waals surface area contributed by atoms with Crippen LogP contribution in [0.2, 0.25) is 0 Å². The molecule has 0 atom stereocenters. The Morgan fingerprint density at radius 1 is 1.21 bits per heavy atom. The quantitative estimate of drug-likeness (QED) is 0.241. The van der Waals surface area contributed by atoms with Gasteiger partial charge in [-0.15, -0.1) is 0 Å². The molecule has 0 heterocycles. The van der Waals surface area contributed by atoms with E-state index in [2.05, 4.69) is 57.4 Å². The van der Waals surface area contributed by atoms with Gasteiger partial charge in [0.2, 0.25) is 11.9 Å². The molecule has 1 aromatic carbocycles. The van der Waals surface area contributed by atoms with Gasteiger partial charge in [0, 0.05) is 31.0 Å². The van der Waals surface area contributed by atoms with Crippen LogP contribution in [0.4, 0.5) is 0 Å². The summed E-state index contributed by atoms with van der Waals surface area (Å²) in [5, 5.41) is 18.0. The Hall–Kier alpha value is -2.81. The maximum Gasteiger partial charge on any atom is 0.223 e. The first-order valence-corrected chi connectivity index (χ1v) is 10.0. The van der Waals surface area contributed by atoms with E-state index in [1.165, 1.54) is 5.56 Å². The highest BCUT2D eigenvalue weighted by atomic mass is 16.1. The highest BCUT2D eigenvalue weighted by Crippen LogP contribution is 2.39. The Bertz CT molecular complexity index is 749. The van der Waals surface area contributed by atoms with Gasteiger partial charge in [-0.1, -0.05) is 42.5 Å². The lowest BCUT2D eigenvalue weighted by Crippen LogP contribution is -2.49. The van der Waals surface area contributed by atoms with E-state index >= 15 is 0 Å². The van der Waals surface area contributed by atoms with Crippen LogP contribution in [0.15, 0.2) is 47.5 Å². The summed E-state index contributed by atoms with van der Waals surface area (Å²) >= 11 is 0. The number of allylic oxidation sites excluding steroid dienone is 2. The number of aliphatic imine (C=N–C) groups is 1. The SMILES string of the molecule is CN=C(NC#N)NC1CCC(CNC(=O)C2CC=CC2)(c2ccccc2)CC1. The summed E-state index contributed by atoms with van der Waals surface area (Å²) in [5.74, 6) is 0.770. The van der Waals surface area contributed by atoms with E-state index in [9.17, 15) is 4.79 Å². The summed E-state index contributed by atoms with van der Waals surface area (Å²) in [6.07, 6.45) is 11.7. The number of benzene rings is 1. The number of amides is 1. The van der Waals surface area contributed by atoms with Crippen molar-refractivity contribution in [1.29, 1.82) is 5.26 Å². The van der Waals surface area contributed by atoms with Crippen molar-refractivity contribution < 1.29 is 4.79 Å². The van der Waals surface area contributed by atoms with Crippen molar-refractivity contribution in [3.8, 4) is 6.19 Å². The van der Waals surface area contributed by atoms with Gasteiger partial charge in [0.1, 0.15) is 0 Å². The predicted molar refractivity (Wildman–Crippen MR) is 110 cm³/mol. The molecular weight excluding hydrogens is 350 g/mol. The molecule has 1 aromatic rings. The molecule has 1 fully saturated rings. The summed E-state index contributed by atoms with van der Waals surface area (Å²) in [6.45, 7) is 0.671. The number of hydrogen-bond acceptors (Lipinski definition) is 3. The lowest BCUT2D eigenvalue weighted by atomic mass is 9.68. The molecule has 6 heteroatoms. The average Bonchev–Trinajstić information content (AvgIpc) is 3.28. The summed E-state index contributed by atoms with van der Waals surface area (Å²) in [7, 11) is 1.66. The lowest BCUT2D eigenvalue weighted by Gasteiger charge is -2.41. The van der Waals surface area contributed by atoms with Gasteiger partial charge in [-0.3, -0.25) is 15.1 Å². The first kappa shape index (κ1) is 19.9. The highest BCUT2D eigenvalue weighted by Gasteiger charge is 2.37. The van der Waals surface area contributed by atoms with Crippen molar-refractivity contribution in [2.24, 2.45) is 10.9 Å². The van der Waals surface area contributed by atoms with Crippen LogP contribution in [-0.2, 0) is 10.2 Å². The second-order valence-electron chi connectivity index (χ2n) is 7.73. The second kappa shape index (κ2) is 9.41.